The molecule has 0 spiro atoms. The molecule has 4 heteroatoms. The van der Waals surface area contributed by atoms with Crippen molar-refractivity contribution in [2.45, 2.75) is 26.4 Å². The highest BCUT2D eigenvalue weighted by atomic mass is 32.2. The zero-order valence-corrected chi connectivity index (χ0v) is 10.5. The maximum Gasteiger partial charge on any atom is 0.410 e. The minimum Gasteiger partial charge on any atom is -0.444 e. The van der Waals surface area contributed by atoms with Crippen LogP contribution in [0.25, 0.3) is 0 Å². The van der Waals surface area contributed by atoms with E-state index in [1.54, 1.807) is 0 Å². The lowest BCUT2D eigenvalue weighted by atomic mass is 10.0. The Morgan fingerprint density at radius 2 is 1.80 bits per heavy atom. The molecule has 0 unspecified atom stereocenters. The molecule has 3 nitrogen and oxygen atoms in total. The molecule has 0 aliphatic carbocycles. The molecule has 0 bridgehead atoms. The van der Waals surface area contributed by atoms with Crippen molar-refractivity contribution in [3.63, 3.8) is 0 Å². The van der Waals surface area contributed by atoms with Crippen LogP contribution in [0.3, 0.4) is 0 Å². The van der Waals surface area contributed by atoms with Crippen LogP contribution < -0.4 is 0 Å². The van der Waals surface area contributed by atoms with Crippen LogP contribution in [0.5, 0.6) is 0 Å². The number of hydrogen-bond donors (Lipinski definition) is 0. The minimum atomic E-state index is -0.371. The Morgan fingerprint density at radius 1 is 1.27 bits per heavy atom. The molecule has 86 valence electrons. The van der Waals surface area contributed by atoms with Crippen LogP contribution >= 0.6 is 11.8 Å². The smallest absolute Gasteiger partial charge is 0.410 e. The van der Waals surface area contributed by atoms with E-state index in [9.17, 15) is 4.79 Å². The Morgan fingerprint density at radius 3 is 2.27 bits per heavy atom. The van der Waals surface area contributed by atoms with Crippen molar-refractivity contribution in [2.24, 2.45) is 11.8 Å². The summed E-state index contributed by atoms with van der Waals surface area (Å²) in [5.74, 6) is 3.85. The third-order valence-electron chi connectivity index (χ3n) is 2.89. The van der Waals surface area contributed by atoms with Gasteiger partial charge in [-0.1, -0.05) is 0 Å². The van der Waals surface area contributed by atoms with E-state index in [0.29, 0.717) is 11.8 Å². The van der Waals surface area contributed by atoms with Gasteiger partial charge in [0.15, 0.2) is 0 Å². The molecule has 15 heavy (non-hydrogen) atoms. The molecular formula is C11H19NO2S. The first-order valence-corrected chi connectivity index (χ1v) is 6.67. The van der Waals surface area contributed by atoms with Gasteiger partial charge in [-0.15, -0.1) is 0 Å². The van der Waals surface area contributed by atoms with Crippen molar-refractivity contribution in [1.29, 1.82) is 0 Å². The molecule has 0 saturated carbocycles. The topological polar surface area (TPSA) is 29.5 Å². The minimum absolute atomic E-state index is 0.137. The van der Waals surface area contributed by atoms with Crippen LogP contribution in [0.2, 0.25) is 0 Å². The van der Waals surface area contributed by atoms with Crippen molar-refractivity contribution < 1.29 is 9.53 Å². The predicted molar refractivity (Wildman–Crippen MR) is 62.1 cm³/mol. The maximum atomic E-state index is 11.8. The summed E-state index contributed by atoms with van der Waals surface area (Å²) >= 11 is 2.01. The van der Waals surface area contributed by atoms with Gasteiger partial charge in [0.2, 0.25) is 0 Å². The van der Waals surface area contributed by atoms with E-state index in [0.717, 1.165) is 13.1 Å². The molecule has 1 amide bonds. The van der Waals surface area contributed by atoms with Gasteiger partial charge >= 0.3 is 6.09 Å². The molecule has 2 heterocycles. The number of ether oxygens (including phenoxy) is 1. The number of fused-ring (bicyclic) bond motifs is 1. The average Bonchev–Trinajstić information content (AvgIpc) is 2.56. The summed E-state index contributed by atoms with van der Waals surface area (Å²) < 4.78 is 5.37. The number of likely N-dealkylation sites (tertiary alicyclic amines) is 1. The Bertz CT molecular complexity index is 250. The Labute approximate surface area is 95.5 Å². The molecule has 2 atom stereocenters. The summed E-state index contributed by atoms with van der Waals surface area (Å²) in [7, 11) is 0. The number of rotatable bonds is 0. The van der Waals surface area contributed by atoms with Gasteiger partial charge in [-0.3, -0.25) is 0 Å². The van der Waals surface area contributed by atoms with Gasteiger partial charge in [0.25, 0.3) is 0 Å². The molecule has 0 radical (unpaired) electrons. The van der Waals surface area contributed by atoms with E-state index in [-0.39, 0.29) is 11.7 Å². The van der Waals surface area contributed by atoms with Crippen LogP contribution in [0, 0.1) is 11.8 Å². The average molecular weight is 229 g/mol. The second-order valence-corrected chi connectivity index (χ2v) is 6.52. The summed E-state index contributed by atoms with van der Waals surface area (Å²) in [6, 6.07) is 0. The first kappa shape index (κ1) is 11.1. The van der Waals surface area contributed by atoms with E-state index in [1.165, 1.54) is 11.5 Å². The van der Waals surface area contributed by atoms with Gasteiger partial charge in [0.05, 0.1) is 0 Å². The lowest BCUT2D eigenvalue weighted by molar-refractivity contribution is 0.0285. The fourth-order valence-electron chi connectivity index (χ4n) is 2.16. The zero-order valence-electron chi connectivity index (χ0n) is 9.66. The van der Waals surface area contributed by atoms with Gasteiger partial charge in [-0.05, 0) is 44.1 Å². The highest BCUT2D eigenvalue weighted by Gasteiger charge is 2.39. The van der Waals surface area contributed by atoms with Crippen molar-refractivity contribution in [3.8, 4) is 0 Å². The third kappa shape index (κ3) is 2.60. The van der Waals surface area contributed by atoms with Gasteiger partial charge in [0.1, 0.15) is 5.60 Å². The molecule has 2 saturated heterocycles. The number of thioether (sulfide) groups is 1. The summed E-state index contributed by atoms with van der Waals surface area (Å²) in [5, 5.41) is 0. The number of amides is 1. The monoisotopic (exact) mass is 229 g/mol. The maximum absolute atomic E-state index is 11.8. The standard InChI is InChI=1S/C11H19NO2S/c1-11(2,3)14-10(13)12-4-8-6-15-7-9(8)5-12/h8-9H,4-7H2,1-3H3/t8-,9-/m1/s1. The van der Waals surface area contributed by atoms with Gasteiger partial charge < -0.3 is 9.64 Å². The molecule has 2 aliphatic heterocycles. The summed E-state index contributed by atoms with van der Waals surface area (Å²) in [6.07, 6.45) is -0.137. The van der Waals surface area contributed by atoms with Crippen LogP contribution in [-0.4, -0.2) is 41.2 Å². The third-order valence-corrected chi connectivity index (χ3v) is 4.22. The molecule has 0 aromatic carbocycles. The molecule has 2 rings (SSSR count). The highest BCUT2D eigenvalue weighted by Crippen LogP contribution is 2.36. The summed E-state index contributed by atoms with van der Waals surface area (Å²) in [4.78, 5) is 13.7. The van der Waals surface area contributed by atoms with Crippen molar-refractivity contribution in [2.75, 3.05) is 24.6 Å². The highest BCUT2D eigenvalue weighted by molar-refractivity contribution is 7.99. The number of nitrogens with zero attached hydrogens (tertiary/aromatic N) is 1. The van der Waals surface area contributed by atoms with E-state index in [1.807, 2.05) is 37.4 Å². The molecule has 0 aromatic heterocycles. The molecule has 0 aromatic rings. The normalized spacial score (nSPS) is 30.5. The number of hydrogen-bond acceptors (Lipinski definition) is 3. The fourth-order valence-corrected chi connectivity index (χ4v) is 3.66. The Balaban J connectivity index is 1.88. The predicted octanol–water partition coefficient (Wildman–Crippen LogP) is 2.22. The molecule has 0 N–H and O–H groups in total. The first-order chi connectivity index (χ1) is 6.96. The van der Waals surface area contributed by atoms with Crippen LogP contribution in [0.4, 0.5) is 4.79 Å². The summed E-state index contributed by atoms with van der Waals surface area (Å²) in [6.45, 7) is 7.53. The van der Waals surface area contributed by atoms with Crippen LogP contribution in [0.15, 0.2) is 0 Å². The Hall–Kier alpha value is -0.380. The van der Waals surface area contributed by atoms with Gasteiger partial charge in [-0.25, -0.2) is 4.79 Å². The van der Waals surface area contributed by atoms with Crippen molar-refractivity contribution >= 4 is 17.9 Å². The SMILES string of the molecule is CC(C)(C)OC(=O)N1C[C@@H]2CSC[C@H]2C1. The lowest BCUT2D eigenvalue weighted by Gasteiger charge is -2.24. The van der Waals surface area contributed by atoms with Crippen LogP contribution in [-0.2, 0) is 4.74 Å². The lowest BCUT2D eigenvalue weighted by Crippen LogP contribution is -2.36. The summed E-state index contributed by atoms with van der Waals surface area (Å²) in [5.41, 5.74) is -0.371. The first-order valence-electron chi connectivity index (χ1n) is 5.51. The second kappa shape index (κ2) is 3.89. The Kier molecular flexibility index (Phi) is 2.88. The van der Waals surface area contributed by atoms with Gasteiger partial charge in [-0.2, -0.15) is 11.8 Å². The van der Waals surface area contributed by atoms with E-state index in [2.05, 4.69) is 0 Å². The molecular weight excluding hydrogens is 210 g/mol. The zero-order chi connectivity index (χ0) is 11.1. The van der Waals surface area contributed by atoms with Gasteiger partial charge in [0, 0.05) is 13.1 Å². The van der Waals surface area contributed by atoms with E-state index < -0.39 is 0 Å². The quantitative estimate of drug-likeness (QED) is 0.638. The number of carbonyl (C=O) groups excluding carboxylic acids is 1. The second-order valence-electron chi connectivity index (χ2n) is 5.44. The molecule has 2 aliphatic rings. The van der Waals surface area contributed by atoms with Crippen LogP contribution in [0.1, 0.15) is 20.8 Å². The van der Waals surface area contributed by atoms with Crippen molar-refractivity contribution in [1.82, 2.24) is 4.90 Å². The largest absolute Gasteiger partial charge is 0.444 e. The van der Waals surface area contributed by atoms with E-state index >= 15 is 0 Å². The van der Waals surface area contributed by atoms with E-state index in [4.69, 9.17) is 4.74 Å². The fraction of sp³-hybridized carbons (Fsp3) is 0.909. The molecule has 2 fully saturated rings. The number of carbonyl (C=O) groups is 1. The van der Waals surface area contributed by atoms with Crippen molar-refractivity contribution in [3.05, 3.63) is 0 Å².